The normalized spacial score (nSPS) is 10.6. The number of carboxylic acid groups (broad SMARTS) is 1. The number of carboxylic acids is 1. The Bertz CT molecular complexity index is 678. The molecular formula is C15H11NO4. The molecule has 0 amide bonds. The van der Waals surface area contributed by atoms with E-state index < -0.39 is 16.6 Å². The van der Waals surface area contributed by atoms with Crippen LogP contribution < -0.4 is 0 Å². The van der Waals surface area contributed by atoms with Gasteiger partial charge in [-0.15, -0.1) is 0 Å². The predicted molar refractivity (Wildman–Crippen MR) is 75.4 cm³/mol. The Morgan fingerprint density at radius 1 is 1.05 bits per heavy atom. The highest BCUT2D eigenvalue weighted by atomic mass is 16.6. The average molecular weight is 269 g/mol. The summed E-state index contributed by atoms with van der Waals surface area (Å²) in [5.74, 6) is -1.31. The smallest absolute Gasteiger partial charge is 0.342 e. The summed E-state index contributed by atoms with van der Waals surface area (Å²) >= 11 is 0. The molecule has 5 heteroatoms. The lowest BCUT2D eigenvalue weighted by Crippen LogP contribution is -2.02. The summed E-state index contributed by atoms with van der Waals surface area (Å²) in [6.07, 6.45) is 3.53. The van der Waals surface area contributed by atoms with Crippen molar-refractivity contribution in [3.8, 4) is 0 Å². The molecule has 2 rings (SSSR count). The minimum Gasteiger partial charge on any atom is -0.477 e. The number of nitro benzene ring substituents is 1. The molecule has 0 aliphatic heterocycles. The standard InChI is InChI=1S/C15H11NO4/c17-15(18)13-10-12(8-9-14(13)16(19)20)7-6-11-4-2-1-3-5-11/h1-10H,(H,17,18)/b7-6+. The molecule has 0 atom stereocenters. The number of hydrogen-bond acceptors (Lipinski definition) is 3. The number of hydrogen-bond donors (Lipinski definition) is 1. The Balaban J connectivity index is 2.35. The van der Waals surface area contributed by atoms with Crippen LogP contribution in [0.25, 0.3) is 12.2 Å². The zero-order valence-electron chi connectivity index (χ0n) is 10.4. The number of benzene rings is 2. The van der Waals surface area contributed by atoms with Crippen LogP contribution in [0.5, 0.6) is 0 Å². The van der Waals surface area contributed by atoms with Gasteiger partial charge in [-0.25, -0.2) is 4.79 Å². The molecule has 0 aliphatic rings. The fourth-order valence-electron chi connectivity index (χ4n) is 1.74. The molecule has 100 valence electrons. The number of rotatable bonds is 4. The van der Waals surface area contributed by atoms with Gasteiger partial charge in [-0.2, -0.15) is 0 Å². The molecule has 0 unspecified atom stereocenters. The van der Waals surface area contributed by atoms with Crippen LogP contribution in [0.4, 0.5) is 5.69 Å². The minimum atomic E-state index is -1.31. The Hall–Kier alpha value is -2.95. The summed E-state index contributed by atoms with van der Waals surface area (Å²) in [5, 5.41) is 19.7. The first kappa shape index (κ1) is 13.5. The van der Waals surface area contributed by atoms with Crippen LogP contribution in [-0.4, -0.2) is 16.0 Å². The molecule has 5 nitrogen and oxygen atoms in total. The molecule has 0 bridgehead atoms. The summed E-state index contributed by atoms with van der Waals surface area (Å²) in [5.41, 5.74) is 0.833. The highest BCUT2D eigenvalue weighted by Gasteiger charge is 2.19. The van der Waals surface area contributed by atoms with Gasteiger partial charge in [0.1, 0.15) is 5.56 Å². The van der Waals surface area contributed by atoms with Crippen LogP contribution in [-0.2, 0) is 0 Å². The van der Waals surface area contributed by atoms with E-state index in [-0.39, 0.29) is 5.56 Å². The van der Waals surface area contributed by atoms with Gasteiger partial charge in [0.2, 0.25) is 0 Å². The number of aromatic carboxylic acids is 1. The highest BCUT2D eigenvalue weighted by molar-refractivity contribution is 5.93. The SMILES string of the molecule is O=C(O)c1cc(/C=C/c2ccccc2)ccc1[N+](=O)[O-]. The molecule has 2 aromatic carbocycles. The molecular weight excluding hydrogens is 258 g/mol. The van der Waals surface area contributed by atoms with E-state index in [4.69, 9.17) is 5.11 Å². The van der Waals surface area contributed by atoms with Crippen LogP contribution in [0, 0.1) is 10.1 Å². The average Bonchev–Trinajstić information content (AvgIpc) is 2.45. The zero-order chi connectivity index (χ0) is 14.5. The van der Waals surface area contributed by atoms with Crippen molar-refractivity contribution < 1.29 is 14.8 Å². The third-order valence-electron chi connectivity index (χ3n) is 2.72. The van der Waals surface area contributed by atoms with Gasteiger partial charge >= 0.3 is 5.97 Å². The molecule has 2 aromatic rings. The molecule has 20 heavy (non-hydrogen) atoms. The fourth-order valence-corrected chi connectivity index (χ4v) is 1.74. The number of carbonyl (C=O) groups is 1. The highest BCUT2D eigenvalue weighted by Crippen LogP contribution is 2.21. The van der Waals surface area contributed by atoms with E-state index in [1.54, 1.807) is 6.08 Å². The van der Waals surface area contributed by atoms with Gasteiger partial charge in [0.15, 0.2) is 0 Å². The van der Waals surface area contributed by atoms with Crippen molar-refractivity contribution in [2.24, 2.45) is 0 Å². The molecule has 0 radical (unpaired) electrons. The van der Waals surface area contributed by atoms with Gasteiger partial charge in [-0.05, 0) is 23.3 Å². The van der Waals surface area contributed by atoms with Crippen LogP contribution in [0.2, 0.25) is 0 Å². The van der Waals surface area contributed by atoms with E-state index in [1.165, 1.54) is 18.2 Å². The number of nitro groups is 1. The van der Waals surface area contributed by atoms with Crippen molar-refractivity contribution in [3.05, 3.63) is 75.3 Å². The van der Waals surface area contributed by atoms with Crippen LogP contribution >= 0.6 is 0 Å². The van der Waals surface area contributed by atoms with Gasteiger partial charge in [0, 0.05) is 6.07 Å². The van der Waals surface area contributed by atoms with Gasteiger partial charge in [-0.3, -0.25) is 10.1 Å². The van der Waals surface area contributed by atoms with Crippen molar-refractivity contribution in [2.75, 3.05) is 0 Å². The molecule has 0 aliphatic carbocycles. The maximum atomic E-state index is 11.0. The van der Waals surface area contributed by atoms with Gasteiger partial charge < -0.3 is 5.11 Å². The monoisotopic (exact) mass is 269 g/mol. The lowest BCUT2D eigenvalue weighted by Gasteiger charge is -2.00. The lowest BCUT2D eigenvalue weighted by atomic mass is 10.1. The maximum Gasteiger partial charge on any atom is 0.342 e. The summed E-state index contributed by atoms with van der Waals surface area (Å²) in [4.78, 5) is 21.1. The molecule has 0 aromatic heterocycles. The van der Waals surface area contributed by atoms with E-state index in [1.807, 2.05) is 36.4 Å². The van der Waals surface area contributed by atoms with Crippen LogP contribution in [0.1, 0.15) is 21.5 Å². The Morgan fingerprint density at radius 3 is 2.30 bits per heavy atom. The van der Waals surface area contributed by atoms with Gasteiger partial charge in [0.05, 0.1) is 4.92 Å². The fraction of sp³-hybridized carbons (Fsp3) is 0. The van der Waals surface area contributed by atoms with E-state index in [9.17, 15) is 14.9 Å². The van der Waals surface area contributed by atoms with E-state index in [0.29, 0.717) is 5.56 Å². The van der Waals surface area contributed by atoms with Gasteiger partial charge in [-0.1, -0.05) is 42.5 Å². The quantitative estimate of drug-likeness (QED) is 0.523. The third kappa shape index (κ3) is 3.08. The molecule has 0 saturated heterocycles. The lowest BCUT2D eigenvalue weighted by molar-refractivity contribution is -0.385. The predicted octanol–water partition coefficient (Wildman–Crippen LogP) is 3.46. The minimum absolute atomic E-state index is 0.315. The molecule has 0 fully saturated rings. The maximum absolute atomic E-state index is 11.0. The topological polar surface area (TPSA) is 80.4 Å². The number of nitrogens with zero attached hydrogens (tertiary/aromatic N) is 1. The zero-order valence-corrected chi connectivity index (χ0v) is 10.4. The van der Waals surface area contributed by atoms with Gasteiger partial charge in [0.25, 0.3) is 5.69 Å². The summed E-state index contributed by atoms with van der Waals surface area (Å²) in [7, 11) is 0. The largest absolute Gasteiger partial charge is 0.477 e. The van der Waals surface area contributed by atoms with Crippen molar-refractivity contribution in [1.82, 2.24) is 0 Å². The second kappa shape index (κ2) is 5.79. The molecule has 0 saturated carbocycles. The second-order valence-corrected chi connectivity index (χ2v) is 4.08. The first-order valence-corrected chi connectivity index (χ1v) is 5.83. The Morgan fingerprint density at radius 2 is 1.70 bits per heavy atom. The summed E-state index contributed by atoms with van der Waals surface area (Å²) < 4.78 is 0. The Labute approximate surface area is 115 Å². The summed E-state index contributed by atoms with van der Waals surface area (Å²) in [6.45, 7) is 0. The van der Waals surface area contributed by atoms with Crippen molar-refractivity contribution in [2.45, 2.75) is 0 Å². The first-order valence-electron chi connectivity index (χ1n) is 5.83. The van der Waals surface area contributed by atoms with Crippen molar-refractivity contribution in [3.63, 3.8) is 0 Å². The Kier molecular flexibility index (Phi) is 3.91. The van der Waals surface area contributed by atoms with E-state index in [2.05, 4.69) is 0 Å². The van der Waals surface area contributed by atoms with E-state index in [0.717, 1.165) is 5.56 Å². The second-order valence-electron chi connectivity index (χ2n) is 4.08. The first-order chi connectivity index (χ1) is 9.58. The van der Waals surface area contributed by atoms with E-state index >= 15 is 0 Å². The van der Waals surface area contributed by atoms with Crippen molar-refractivity contribution in [1.29, 1.82) is 0 Å². The molecule has 1 N–H and O–H groups in total. The molecule has 0 heterocycles. The van der Waals surface area contributed by atoms with Crippen molar-refractivity contribution >= 4 is 23.8 Å². The molecule has 0 spiro atoms. The summed E-state index contributed by atoms with van der Waals surface area (Å²) in [6, 6.07) is 13.5. The van der Waals surface area contributed by atoms with Crippen LogP contribution in [0.3, 0.4) is 0 Å². The van der Waals surface area contributed by atoms with Crippen LogP contribution in [0.15, 0.2) is 48.5 Å². The third-order valence-corrected chi connectivity index (χ3v) is 2.72.